The number of hydrogen-bond donors (Lipinski definition) is 2. The fraction of sp³-hybridized carbons (Fsp3) is 0.294. The number of halogens is 5. The Hall–Kier alpha value is -4.35. The average molecular weight is 687 g/mol. The molecule has 0 spiro atoms. The van der Waals surface area contributed by atoms with Gasteiger partial charge in [-0.15, -0.1) is 0 Å². The summed E-state index contributed by atoms with van der Waals surface area (Å²) in [6.45, 7) is 3.82. The first-order chi connectivity index (χ1) is 22.3. The van der Waals surface area contributed by atoms with E-state index in [0.29, 0.717) is 45.9 Å². The van der Waals surface area contributed by atoms with Crippen LogP contribution in [-0.4, -0.2) is 45.4 Å². The zero-order valence-electron chi connectivity index (χ0n) is 25.8. The van der Waals surface area contributed by atoms with Crippen LogP contribution in [0.5, 0.6) is 0 Å². The summed E-state index contributed by atoms with van der Waals surface area (Å²) in [6, 6.07) is 15.6. The van der Waals surface area contributed by atoms with E-state index in [2.05, 4.69) is 10.6 Å². The summed E-state index contributed by atoms with van der Waals surface area (Å²) >= 11 is 12.2. The smallest absolute Gasteiger partial charge is 0.355 e. The lowest BCUT2D eigenvalue weighted by atomic mass is 9.98. The Morgan fingerprint density at radius 3 is 2.28 bits per heavy atom. The number of aryl methyl sites for hydroxylation is 1. The van der Waals surface area contributed by atoms with Gasteiger partial charge in [0, 0.05) is 35.8 Å². The van der Waals surface area contributed by atoms with E-state index in [4.69, 9.17) is 28.2 Å². The van der Waals surface area contributed by atoms with Gasteiger partial charge >= 0.3 is 6.18 Å². The van der Waals surface area contributed by atoms with Crippen LogP contribution in [-0.2, 0) is 25.6 Å². The molecule has 0 bridgehead atoms. The normalized spacial score (nSPS) is 15.1. The van der Waals surface area contributed by atoms with Crippen LogP contribution in [0.4, 0.5) is 19.1 Å². The SMILES string of the molecule is CNC(=O)c1ccc(-n2c(N[C@H](C)CCc3ccc(C(F)(F)F)cc3)nc3c(c2=O)C[C@@H](C)N(C(=O)c2ccc(Cl)c(Cl)c2)C3)cc1. The number of nitrogens with zero attached hydrogens (tertiary/aromatic N) is 3. The van der Waals surface area contributed by atoms with Crippen LogP contribution in [0.15, 0.2) is 71.5 Å². The van der Waals surface area contributed by atoms with Crippen LogP contribution in [0.3, 0.4) is 0 Å². The first-order valence-corrected chi connectivity index (χ1v) is 15.7. The molecule has 1 aliphatic rings. The van der Waals surface area contributed by atoms with E-state index < -0.39 is 11.7 Å². The van der Waals surface area contributed by atoms with Gasteiger partial charge in [0.2, 0.25) is 5.95 Å². The Kier molecular flexibility index (Phi) is 9.97. The Bertz CT molecular complexity index is 1860. The van der Waals surface area contributed by atoms with Crippen LogP contribution in [0.2, 0.25) is 10.0 Å². The van der Waals surface area contributed by atoms with Crippen molar-refractivity contribution in [3.8, 4) is 5.69 Å². The maximum atomic E-state index is 14.1. The summed E-state index contributed by atoms with van der Waals surface area (Å²) in [5.41, 5.74) is 1.88. The molecule has 246 valence electrons. The number of aromatic nitrogens is 2. The number of nitrogens with one attached hydrogen (secondary N) is 2. The van der Waals surface area contributed by atoms with E-state index in [9.17, 15) is 27.6 Å². The fourth-order valence-electron chi connectivity index (χ4n) is 5.50. The molecule has 0 radical (unpaired) electrons. The highest BCUT2D eigenvalue weighted by atomic mass is 35.5. The molecule has 0 aliphatic carbocycles. The van der Waals surface area contributed by atoms with Crippen molar-refractivity contribution < 1.29 is 22.8 Å². The molecule has 1 aromatic heterocycles. The zero-order valence-corrected chi connectivity index (χ0v) is 27.3. The third-order valence-corrected chi connectivity index (χ3v) is 8.92. The molecule has 1 aliphatic heterocycles. The lowest BCUT2D eigenvalue weighted by molar-refractivity contribution is -0.137. The second-order valence-electron chi connectivity index (χ2n) is 11.5. The third-order valence-electron chi connectivity index (χ3n) is 8.18. The number of fused-ring (bicyclic) bond motifs is 1. The summed E-state index contributed by atoms with van der Waals surface area (Å²) in [5.74, 6) is -0.321. The fourth-order valence-corrected chi connectivity index (χ4v) is 5.80. The van der Waals surface area contributed by atoms with Gasteiger partial charge in [-0.25, -0.2) is 9.55 Å². The number of benzene rings is 3. The maximum Gasteiger partial charge on any atom is 0.416 e. The molecule has 2 heterocycles. The van der Waals surface area contributed by atoms with Gasteiger partial charge in [-0.05, 0) is 93.3 Å². The molecule has 0 saturated carbocycles. The van der Waals surface area contributed by atoms with E-state index in [1.165, 1.54) is 29.8 Å². The van der Waals surface area contributed by atoms with Crippen molar-refractivity contribution in [3.63, 3.8) is 0 Å². The Balaban J connectivity index is 1.47. The summed E-state index contributed by atoms with van der Waals surface area (Å²) in [7, 11) is 1.53. The monoisotopic (exact) mass is 685 g/mol. The zero-order chi connectivity index (χ0) is 34.0. The molecule has 2 amide bonds. The Morgan fingerprint density at radius 1 is 1.00 bits per heavy atom. The first-order valence-electron chi connectivity index (χ1n) is 14.9. The molecule has 0 saturated heterocycles. The van der Waals surface area contributed by atoms with Crippen molar-refractivity contribution in [3.05, 3.63) is 121 Å². The minimum absolute atomic E-state index is 0.0792. The minimum atomic E-state index is -4.41. The quantitative estimate of drug-likeness (QED) is 0.210. The molecule has 5 rings (SSSR count). The largest absolute Gasteiger partial charge is 0.416 e. The lowest BCUT2D eigenvalue weighted by Gasteiger charge is -2.35. The second-order valence-corrected chi connectivity index (χ2v) is 12.3. The summed E-state index contributed by atoms with van der Waals surface area (Å²) in [5, 5.41) is 6.46. The van der Waals surface area contributed by atoms with Gasteiger partial charge < -0.3 is 15.5 Å². The molecule has 0 unspecified atom stereocenters. The molecular formula is C34H32Cl2F3N5O3. The number of anilines is 1. The predicted molar refractivity (Wildman–Crippen MR) is 176 cm³/mol. The van der Waals surface area contributed by atoms with Gasteiger partial charge in [0.15, 0.2) is 0 Å². The van der Waals surface area contributed by atoms with Gasteiger partial charge in [-0.1, -0.05) is 35.3 Å². The van der Waals surface area contributed by atoms with Crippen molar-refractivity contribution in [1.29, 1.82) is 0 Å². The highest BCUT2D eigenvalue weighted by Gasteiger charge is 2.33. The number of carbonyl (C=O) groups excluding carboxylic acids is 2. The number of hydrogen-bond acceptors (Lipinski definition) is 5. The van der Waals surface area contributed by atoms with E-state index in [-0.39, 0.29) is 53.4 Å². The van der Waals surface area contributed by atoms with Crippen LogP contribution in [0, 0.1) is 0 Å². The van der Waals surface area contributed by atoms with E-state index >= 15 is 0 Å². The van der Waals surface area contributed by atoms with Gasteiger partial charge in [-0.3, -0.25) is 14.4 Å². The van der Waals surface area contributed by atoms with Gasteiger partial charge in [0.25, 0.3) is 17.4 Å². The average Bonchev–Trinajstić information content (AvgIpc) is 3.04. The van der Waals surface area contributed by atoms with E-state index in [1.807, 2.05) is 13.8 Å². The number of alkyl halides is 3. The molecule has 2 N–H and O–H groups in total. The van der Waals surface area contributed by atoms with Crippen molar-refractivity contribution in [1.82, 2.24) is 19.8 Å². The maximum absolute atomic E-state index is 14.1. The molecule has 0 fully saturated rings. The standard InChI is InChI=1S/C34H32Cl2F3N5O3/c1-19(4-5-21-6-11-24(12-7-21)34(37,38)39)41-33-42-29-18-43(31(46)23-10-15-27(35)28(36)17-23)20(2)16-26(29)32(47)44(33)25-13-8-22(9-14-25)30(45)40-3/h6-15,17,19-20H,4-5,16,18H2,1-3H3,(H,40,45)(H,41,42)/t19-,20-/m1/s1. The molecule has 2 atom stereocenters. The third kappa shape index (κ3) is 7.47. The topological polar surface area (TPSA) is 96.3 Å². The van der Waals surface area contributed by atoms with Gasteiger partial charge in [-0.2, -0.15) is 13.2 Å². The molecule has 13 heteroatoms. The van der Waals surface area contributed by atoms with Crippen LogP contribution in [0.25, 0.3) is 5.69 Å². The number of amides is 2. The second kappa shape index (κ2) is 13.8. The van der Waals surface area contributed by atoms with Gasteiger partial charge in [0.05, 0.1) is 33.5 Å². The van der Waals surface area contributed by atoms with Crippen molar-refractivity contribution in [2.45, 2.75) is 57.9 Å². The van der Waals surface area contributed by atoms with Gasteiger partial charge in [0.1, 0.15) is 0 Å². The summed E-state index contributed by atoms with van der Waals surface area (Å²) in [4.78, 5) is 46.3. The molecule has 4 aromatic rings. The van der Waals surface area contributed by atoms with Crippen LogP contribution >= 0.6 is 23.2 Å². The summed E-state index contributed by atoms with van der Waals surface area (Å²) < 4.78 is 40.4. The van der Waals surface area contributed by atoms with E-state index in [0.717, 1.165) is 17.7 Å². The summed E-state index contributed by atoms with van der Waals surface area (Å²) in [6.07, 6.45) is -3.15. The Morgan fingerprint density at radius 2 is 1.66 bits per heavy atom. The number of carbonyl (C=O) groups is 2. The Labute approximate surface area is 279 Å². The van der Waals surface area contributed by atoms with Crippen LogP contribution in [0.1, 0.15) is 63.4 Å². The predicted octanol–water partition coefficient (Wildman–Crippen LogP) is 6.94. The molecular weight excluding hydrogens is 654 g/mol. The highest BCUT2D eigenvalue weighted by Crippen LogP contribution is 2.30. The lowest BCUT2D eigenvalue weighted by Crippen LogP contribution is -2.46. The highest BCUT2D eigenvalue weighted by molar-refractivity contribution is 6.42. The molecule has 47 heavy (non-hydrogen) atoms. The molecule has 3 aromatic carbocycles. The van der Waals surface area contributed by atoms with Crippen molar-refractivity contribution in [2.75, 3.05) is 12.4 Å². The van der Waals surface area contributed by atoms with E-state index in [1.54, 1.807) is 41.3 Å². The molecule has 8 nitrogen and oxygen atoms in total. The first kappa shape index (κ1) is 34.0. The number of rotatable bonds is 8. The minimum Gasteiger partial charge on any atom is -0.355 e. The van der Waals surface area contributed by atoms with Crippen molar-refractivity contribution in [2.24, 2.45) is 0 Å². The van der Waals surface area contributed by atoms with Crippen molar-refractivity contribution >= 4 is 41.0 Å². The van der Waals surface area contributed by atoms with Crippen LogP contribution < -0.4 is 16.2 Å².